The second-order valence-corrected chi connectivity index (χ2v) is 6.08. The van der Waals surface area contributed by atoms with Gasteiger partial charge in [0.2, 0.25) is 5.89 Å². The molecule has 1 aliphatic heterocycles. The molecule has 0 radical (unpaired) electrons. The quantitative estimate of drug-likeness (QED) is 0.655. The summed E-state index contributed by atoms with van der Waals surface area (Å²) >= 11 is 0. The summed E-state index contributed by atoms with van der Waals surface area (Å²) in [5.41, 5.74) is 1.75. The number of hydrogen-bond donors (Lipinski definition) is 1. The first kappa shape index (κ1) is 18.8. The Labute approximate surface area is 158 Å². The minimum Gasteiger partial charge on any atom is -0.450 e. The van der Waals surface area contributed by atoms with Gasteiger partial charge in [-0.3, -0.25) is 4.99 Å². The third-order valence-corrected chi connectivity index (χ3v) is 4.32. The third kappa shape index (κ3) is 4.78. The summed E-state index contributed by atoms with van der Waals surface area (Å²) in [7, 11) is 1.75. The Hall–Kier alpha value is -3.03. The molecule has 8 heteroatoms. The van der Waals surface area contributed by atoms with Crippen molar-refractivity contribution in [3.8, 4) is 11.5 Å². The molecule has 2 heterocycles. The standard InChI is InChI=1S/C19H25N5O3/c1-3-26-19(25)24-11-9-23(10-12-24)18(20-2)21-13-16-14-27-17(22-16)15-7-5-4-6-8-15/h4-8,14H,3,9-13H2,1-2H3,(H,20,21). The van der Waals surface area contributed by atoms with Gasteiger partial charge in [-0.2, -0.15) is 0 Å². The number of aromatic nitrogens is 1. The van der Waals surface area contributed by atoms with Crippen molar-refractivity contribution >= 4 is 12.1 Å². The molecule has 3 rings (SSSR count). The van der Waals surface area contributed by atoms with Gasteiger partial charge in [0.1, 0.15) is 6.26 Å². The lowest BCUT2D eigenvalue weighted by atomic mass is 10.2. The number of nitrogens with one attached hydrogen (secondary N) is 1. The highest BCUT2D eigenvalue weighted by molar-refractivity contribution is 5.80. The molecular weight excluding hydrogens is 346 g/mol. The molecule has 0 atom stereocenters. The Kier molecular flexibility index (Phi) is 6.30. The van der Waals surface area contributed by atoms with Crippen LogP contribution in [0.3, 0.4) is 0 Å². The summed E-state index contributed by atoms with van der Waals surface area (Å²) in [6, 6.07) is 9.79. The summed E-state index contributed by atoms with van der Waals surface area (Å²) in [6.07, 6.45) is 1.40. The second-order valence-electron chi connectivity index (χ2n) is 6.08. The molecule has 0 saturated carbocycles. The summed E-state index contributed by atoms with van der Waals surface area (Å²) in [4.78, 5) is 24.5. The zero-order valence-electron chi connectivity index (χ0n) is 15.7. The molecule has 144 valence electrons. The van der Waals surface area contributed by atoms with Gasteiger partial charge in [0, 0.05) is 38.8 Å². The summed E-state index contributed by atoms with van der Waals surface area (Å²) in [6.45, 7) is 5.35. The van der Waals surface area contributed by atoms with E-state index in [0.29, 0.717) is 45.2 Å². The molecule has 1 N–H and O–H groups in total. The number of guanidine groups is 1. The second kappa shape index (κ2) is 9.07. The van der Waals surface area contributed by atoms with Crippen LogP contribution in [0, 0.1) is 0 Å². The van der Waals surface area contributed by atoms with E-state index in [0.717, 1.165) is 17.2 Å². The van der Waals surface area contributed by atoms with Gasteiger partial charge in [0.15, 0.2) is 5.96 Å². The summed E-state index contributed by atoms with van der Waals surface area (Å²) in [5, 5.41) is 3.31. The first-order valence-electron chi connectivity index (χ1n) is 9.08. The molecule has 8 nitrogen and oxygen atoms in total. The van der Waals surface area contributed by atoms with Crippen molar-refractivity contribution in [3.05, 3.63) is 42.3 Å². The molecule has 1 amide bonds. The minimum absolute atomic E-state index is 0.254. The normalized spacial score (nSPS) is 15.0. The highest BCUT2D eigenvalue weighted by Crippen LogP contribution is 2.17. The van der Waals surface area contributed by atoms with Crippen LogP contribution in [0.4, 0.5) is 4.79 Å². The van der Waals surface area contributed by atoms with E-state index in [1.165, 1.54) is 0 Å². The van der Waals surface area contributed by atoms with Crippen LogP contribution < -0.4 is 5.32 Å². The first-order chi connectivity index (χ1) is 13.2. The van der Waals surface area contributed by atoms with Gasteiger partial charge in [-0.25, -0.2) is 9.78 Å². The van der Waals surface area contributed by atoms with E-state index in [-0.39, 0.29) is 6.09 Å². The molecule has 0 spiro atoms. The number of amides is 1. The van der Waals surface area contributed by atoms with Gasteiger partial charge in [-0.15, -0.1) is 0 Å². The average Bonchev–Trinajstić information content (AvgIpc) is 3.19. The smallest absolute Gasteiger partial charge is 0.409 e. The maximum absolute atomic E-state index is 11.8. The molecule has 1 aliphatic rings. The lowest BCUT2D eigenvalue weighted by Crippen LogP contribution is -2.53. The van der Waals surface area contributed by atoms with E-state index in [1.807, 2.05) is 37.3 Å². The monoisotopic (exact) mass is 371 g/mol. The average molecular weight is 371 g/mol. The van der Waals surface area contributed by atoms with Crippen molar-refractivity contribution in [2.75, 3.05) is 39.8 Å². The molecule has 1 aromatic heterocycles. The lowest BCUT2D eigenvalue weighted by molar-refractivity contribution is 0.0914. The minimum atomic E-state index is -0.254. The van der Waals surface area contributed by atoms with Gasteiger partial charge in [-0.1, -0.05) is 18.2 Å². The Bertz CT molecular complexity index is 767. The molecule has 1 aromatic carbocycles. The highest BCUT2D eigenvalue weighted by Gasteiger charge is 2.23. The van der Waals surface area contributed by atoms with Crippen LogP contribution >= 0.6 is 0 Å². The Balaban J connectivity index is 1.52. The van der Waals surface area contributed by atoms with E-state index >= 15 is 0 Å². The topological polar surface area (TPSA) is 83.2 Å². The Morgan fingerprint density at radius 3 is 2.59 bits per heavy atom. The van der Waals surface area contributed by atoms with E-state index in [1.54, 1.807) is 18.2 Å². The number of hydrogen-bond acceptors (Lipinski definition) is 5. The van der Waals surface area contributed by atoms with Crippen molar-refractivity contribution in [2.24, 2.45) is 4.99 Å². The molecule has 0 aliphatic carbocycles. The molecule has 1 saturated heterocycles. The highest BCUT2D eigenvalue weighted by atomic mass is 16.6. The van der Waals surface area contributed by atoms with Crippen molar-refractivity contribution in [1.82, 2.24) is 20.1 Å². The van der Waals surface area contributed by atoms with Gasteiger partial charge in [0.25, 0.3) is 0 Å². The zero-order valence-corrected chi connectivity index (χ0v) is 15.7. The lowest BCUT2D eigenvalue weighted by Gasteiger charge is -2.35. The van der Waals surface area contributed by atoms with Crippen LogP contribution in [0.2, 0.25) is 0 Å². The van der Waals surface area contributed by atoms with E-state index in [9.17, 15) is 4.79 Å². The molecule has 2 aromatic rings. The number of ether oxygens (including phenoxy) is 1. The molecule has 0 bridgehead atoms. The fourth-order valence-electron chi connectivity index (χ4n) is 2.92. The van der Waals surface area contributed by atoms with E-state index in [4.69, 9.17) is 9.15 Å². The predicted octanol–water partition coefficient (Wildman–Crippen LogP) is 2.19. The van der Waals surface area contributed by atoms with Crippen molar-refractivity contribution in [2.45, 2.75) is 13.5 Å². The number of aliphatic imine (C=N–C) groups is 1. The molecule has 0 unspecified atom stereocenters. The number of oxazole rings is 1. The number of benzene rings is 1. The van der Waals surface area contributed by atoms with Crippen molar-refractivity contribution < 1.29 is 13.9 Å². The Morgan fingerprint density at radius 1 is 1.22 bits per heavy atom. The zero-order chi connectivity index (χ0) is 19.1. The predicted molar refractivity (Wildman–Crippen MR) is 102 cm³/mol. The van der Waals surface area contributed by atoms with Gasteiger partial charge >= 0.3 is 6.09 Å². The maximum atomic E-state index is 11.8. The Morgan fingerprint density at radius 2 is 1.93 bits per heavy atom. The van der Waals surface area contributed by atoms with Crippen LogP contribution in [0.25, 0.3) is 11.5 Å². The number of rotatable bonds is 4. The SMILES string of the molecule is CCOC(=O)N1CCN(C(=NC)NCc2coc(-c3ccccc3)n2)CC1. The maximum Gasteiger partial charge on any atom is 0.409 e. The summed E-state index contributed by atoms with van der Waals surface area (Å²) < 4.78 is 10.6. The molecule has 1 fully saturated rings. The first-order valence-corrected chi connectivity index (χ1v) is 9.08. The number of nitrogens with zero attached hydrogens (tertiary/aromatic N) is 4. The van der Waals surface area contributed by atoms with Gasteiger partial charge in [0.05, 0.1) is 18.8 Å². The van der Waals surface area contributed by atoms with Crippen LogP contribution in [-0.4, -0.2) is 66.7 Å². The van der Waals surface area contributed by atoms with Crippen molar-refractivity contribution in [1.29, 1.82) is 0 Å². The number of carbonyl (C=O) groups is 1. The van der Waals surface area contributed by atoms with E-state index in [2.05, 4.69) is 20.2 Å². The van der Waals surface area contributed by atoms with Crippen LogP contribution in [0.15, 0.2) is 46.0 Å². The van der Waals surface area contributed by atoms with Gasteiger partial charge < -0.3 is 24.3 Å². The fourth-order valence-corrected chi connectivity index (χ4v) is 2.92. The number of piperazine rings is 1. The number of carbonyl (C=O) groups excluding carboxylic acids is 1. The largest absolute Gasteiger partial charge is 0.450 e. The van der Waals surface area contributed by atoms with Crippen LogP contribution in [-0.2, 0) is 11.3 Å². The van der Waals surface area contributed by atoms with Crippen LogP contribution in [0.5, 0.6) is 0 Å². The van der Waals surface area contributed by atoms with Crippen molar-refractivity contribution in [3.63, 3.8) is 0 Å². The van der Waals surface area contributed by atoms with Gasteiger partial charge in [-0.05, 0) is 19.1 Å². The molecular formula is C19H25N5O3. The van der Waals surface area contributed by atoms with E-state index < -0.39 is 0 Å². The summed E-state index contributed by atoms with van der Waals surface area (Å²) in [5.74, 6) is 1.38. The molecule has 27 heavy (non-hydrogen) atoms. The fraction of sp³-hybridized carbons (Fsp3) is 0.421. The third-order valence-electron chi connectivity index (χ3n) is 4.32. The van der Waals surface area contributed by atoms with Crippen LogP contribution in [0.1, 0.15) is 12.6 Å².